The maximum absolute atomic E-state index is 13.3. The molecule has 2 N–H and O–H groups in total. The summed E-state index contributed by atoms with van der Waals surface area (Å²) in [7, 11) is 0. The van der Waals surface area contributed by atoms with Crippen molar-refractivity contribution in [2.45, 2.75) is 13.8 Å². The highest BCUT2D eigenvalue weighted by atomic mass is 32.1. The van der Waals surface area contributed by atoms with Crippen LogP contribution in [-0.4, -0.2) is 9.97 Å². The second-order valence-electron chi connectivity index (χ2n) is 4.47. The molecule has 0 amide bonds. The zero-order valence-electron chi connectivity index (χ0n) is 11.0. The molecule has 0 spiro atoms. The highest BCUT2D eigenvalue weighted by Gasteiger charge is 2.12. The standard InChI is InChI=1S/C14H12FN3OS/c1-7-3-4-9(15)6-11(7)19-12-10-5-8(2)20-13(10)18-14(16)17-12/h3-6H,1-2H3,(H2,16,17,18). The van der Waals surface area contributed by atoms with Gasteiger partial charge in [0.05, 0.1) is 5.39 Å². The van der Waals surface area contributed by atoms with Gasteiger partial charge in [0, 0.05) is 10.9 Å². The SMILES string of the molecule is Cc1cc2c(Oc3cc(F)ccc3C)nc(N)nc2s1. The number of thiophene rings is 1. The first-order valence-electron chi connectivity index (χ1n) is 6.00. The maximum atomic E-state index is 13.3. The van der Waals surface area contributed by atoms with Crippen molar-refractivity contribution in [2.24, 2.45) is 0 Å². The molecule has 0 radical (unpaired) electrons. The number of nitrogens with two attached hydrogens (primary N) is 1. The smallest absolute Gasteiger partial charge is 0.232 e. The van der Waals surface area contributed by atoms with E-state index in [9.17, 15) is 4.39 Å². The zero-order valence-corrected chi connectivity index (χ0v) is 11.8. The Hall–Kier alpha value is -2.21. The lowest BCUT2D eigenvalue weighted by atomic mass is 10.2. The number of halogens is 1. The number of aryl methyl sites for hydroxylation is 2. The zero-order chi connectivity index (χ0) is 14.3. The highest BCUT2D eigenvalue weighted by Crippen LogP contribution is 2.34. The Balaban J connectivity index is 2.12. The number of anilines is 1. The van der Waals surface area contributed by atoms with E-state index in [1.807, 2.05) is 19.9 Å². The van der Waals surface area contributed by atoms with Crippen molar-refractivity contribution in [1.29, 1.82) is 0 Å². The first-order chi connectivity index (χ1) is 9.52. The van der Waals surface area contributed by atoms with Gasteiger partial charge in [0.15, 0.2) is 0 Å². The minimum absolute atomic E-state index is 0.142. The molecule has 0 saturated heterocycles. The molecule has 1 aromatic carbocycles. The van der Waals surface area contributed by atoms with Gasteiger partial charge in [0.1, 0.15) is 16.4 Å². The summed E-state index contributed by atoms with van der Waals surface area (Å²) in [5.74, 6) is 0.563. The van der Waals surface area contributed by atoms with Gasteiger partial charge in [-0.15, -0.1) is 11.3 Å². The average Bonchev–Trinajstić information content (AvgIpc) is 2.74. The number of fused-ring (bicyclic) bond motifs is 1. The van der Waals surface area contributed by atoms with Crippen LogP contribution in [0.3, 0.4) is 0 Å². The van der Waals surface area contributed by atoms with Crippen molar-refractivity contribution >= 4 is 27.5 Å². The van der Waals surface area contributed by atoms with E-state index >= 15 is 0 Å². The first kappa shape index (κ1) is 12.8. The monoisotopic (exact) mass is 289 g/mol. The molecule has 3 aromatic rings. The van der Waals surface area contributed by atoms with Gasteiger partial charge >= 0.3 is 0 Å². The van der Waals surface area contributed by atoms with Gasteiger partial charge in [0.2, 0.25) is 11.8 Å². The lowest BCUT2D eigenvalue weighted by Gasteiger charge is -2.09. The van der Waals surface area contributed by atoms with Gasteiger partial charge in [-0.2, -0.15) is 4.98 Å². The molecule has 20 heavy (non-hydrogen) atoms. The predicted molar refractivity (Wildman–Crippen MR) is 77.8 cm³/mol. The lowest BCUT2D eigenvalue weighted by molar-refractivity contribution is 0.460. The molecule has 0 unspecified atom stereocenters. The summed E-state index contributed by atoms with van der Waals surface area (Å²) in [6.45, 7) is 3.81. The van der Waals surface area contributed by atoms with Crippen LogP contribution < -0.4 is 10.5 Å². The Morgan fingerprint density at radius 3 is 2.80 bits per heavy atom. The fourth-order valence-corrected chi connectivity index (χ4v) is 2.77. The number of hydrogen-bond acceptors (Lipinski definition) is 5. The second-order valence-corrected chi connectivity index (χ2v) is 5.71. The third kappa shape index (κ3) is 2.30. The average molecular weight is 289 g/mol. The van der Waals surface area contributed by atoms with Gasteiger partial charge in [-0.05, 0) is 31.5 Å². The Kier molecular flexibility index (Phi) is 3.02. The van der Waals surface area contributed by atoms with E-state index in [1.165, 1.54) is 23.5 Å². The van der Waals surface area contributed by atoms with Crippen LogP contribution in [0.1, 0.15) is 10.4 Å². The van der Waals surface area contributed by atoms with Gasteiger partial charge in [-0.1, -0.05) is 6.07 Å². The van der Waals surface area contributed by atoms with Crippen molar-refractivity contribution in [3.63, 3.8) is 0 Å². The van der Waals surface area contributed by atoms with Crippen molar-refractivity contribution < 1.29 is 9.13 Å². The number of nitrogen functional groups attached to an aromatic ring is 1. The molecule has 0 saturated carbocycles. The molecule has 0 fully saturated rings. The van der Waals surface area contributed by atoms with Crippen LogP contribution >= 0.6 is 11.3 Å². The second kappa shape index (κ2) is 4.72. The third-order valence-corrected chi connectivity index (χ3v) is 3.80. The van der Waals surface area contributed by atoms with Crippen LogP contribution in [0.2, 0.25) is 0 Å². The molecule has 0 aliphatic rings. The van der Waals surface area contributed by atoms with E-state index in [1.54, 1.807) is 6.07 Å². The molecule has 3 rings (SSSR count). The van der Waals surface area contributed by atoms with Crippen LogP contribution in [0.25, 0.3) is 10.2 Å². The fraction of sp³-hybridized carbons (Fsp3) is 0.143. The summed E-state index contributed by atoms with van der Waals surface area (Å²) in [6.07, 6.45) is 0. The Bertz CT molecular complexity index is 800. The molecule has 2 aromatic heterocycles. The summed E-state index contributed by atoms with van der Waals surface area (Å²) >= 11 is 1.51. The molecule has 2 heterocycles. The van der Waals surface area contributed by atoms with Gasteiger partial charge < -0.3 is 10.5 Å². The molecule has 0 bridgehead atoms. The number of nitrogens with zero attached hydrogens (tertiary/aromatic N) is 2. The molecule has 0 atom stereocenters. The molecule has 102 valence electrons. The van der Waals surface area contributed by atoms with Crippen molar-refractivity contribution in [3.05, 3.63) is 40.5 Å². The highest BCUT2D eigenvalue weighted by molar-refractivity contribution is 7.18. The van der Waals surface area contributed by atoms with E-state index in [2.05, 4.69) is 9.97 Å². The molecule has 0 aliphatic heterocycles. The number of benzene rings is 1. The van der Waals surface area contributed by atoms with Gasteiger partial charge in [-0.25, -0.2) is 9.37 Å². The summed E-state index contributed by atoms with van der Waals surface area (Å²) in [5, 5.41) is 0.783. The summed E-state index contributed by atoms with van der Waals surface area (Å²) in [6, 6.07) is 6.31. The van der Waals surface area contributed by atoms with Crippen LogP contribution in [0.5, 0.6) is 11.6 Å². The lowest BCUT2D eigenvalue weighted by Crippen LogP contribution is -1.98. The molecule has 4 nitrogen and oxygen atoms in total. The number of ether oxygens (including phenoxy) is 1. The summed E-state index contributed by atoms with van der Waals surface area (Å²) in [5.41, 5.74) is 6.51. The van der Waals surface area contributed by atoms with Crippen molar-refractivity contribution in [1.82, 2.24) is 9.97 Å². The van der Waals surface area contributed by atoms with E-state index in [-0.39, 0.29) is 11.8 Å². The largest absolute Gasteiger partial charge is 0.438 e. The van der Waals surface area contributed by atoms with Gasteiger partial charge in [0.25, 0.3) is 0 Å². The summed E-state index contributed by atoms with van der Waals surface area (Å²) < 4.78 is 19.0. The quantitative estimate of drug-likeness (QED) is 0.779. The first-order valence-corrected chi connectivity index (χ1v) is 6.82. The minimum Gasteiger partial charge on any atom is -0.438 e. The van der Waals surface area contributed by atoms with Gasteiger partial charge in [-0.3, -0.25) is 0 Å². The Morgan fingerprint density at radius 1 is 1.20 bits per heavy atom. The van der Waals surface area contributed by atoms with E-state index < -0.39 is 0 Å². The Labute approximate surface area is 119 Å². The molecular formula is C14H12FN3OS. The van der Waals surface area contributed by atoms with E-state index in [4.69, 9.17) is 10.5 Å². The van der Waals surface area contributed by atoms with Crippen LogP contribution in [-0.2, 0) is 0 Å². The van der Waals surface area contributed by atoms with Crippen LogP contribution in [0.15, 0.2) is 24.3 Å². The van der Waals surface area contributed by atoms with E-state index in [0.29, 0.717) is 11.6 Å². The van der Waals surface area contributed by atoms with Crippen LogP contribution in [0.4, 0.5) is 10.3 Å². The predicted octanol–water partition coefficient (Wildman–Crippen LogP) is 3.82. The maximum Gasteiger partial charge on any atom is 0.232 e. The normalized spacial score (nSPS) is 10.9. The Morgan fingerprint density at radius 2 is 2.00 bits per heavy atom. The molecule has 0 aliphatic carbocycles. The van der Waals surface area contributed by atoms with Crippen molar-refractivity contribution in [2.75, 3.05) is 5.73 Å². The number of aromatic nitrogens is 2. The number of rotatable bonds is 2. The fourth-order valence-electron chi connectivity index (χ4n) is 1.90. The molecular weight excluding hydrogens is 277 g/mol. The minimum atomic E-state index is -0.356. The van der Waals surface area contributed by atoms with Crippen LogP contribution in [0, 0.1) is 19.7 Å². The number of hydrogen-bond donors (Lipinski definition) is 1. The van der Waals surface area contributed by atoms with Crippen molar-refractivity contribution in [3.8, 4) is 11.6 Å². The summed E-state index contributed by atoms with van der Waals surface area (Å²) in [4.78, 5) is 10.1. The van der Waals surface area contributed by atoms with E-state index in [0.717, 1.165) is 20.7 Å². The molecule has 6 heteroatoms. The topological polar surface area (TPSA) is 61.0 Å². The third-order valence-electron chi connectivity index (χ3n) is 2.86.